The van der Waals surface area contributed by atoms with Gasteiger partial charge in [0, 0.05) is 18.5 Å². The van der Waals surface area contributed by atoms with Crippen LogP contribution in [0.2, 0.25) is 0 Å². The smallest absolute Gasteiger partial charge is 0.319 e. The molecule has 3 aromatic rings. The molecule has 1 saturated carbocycles. The Labute approximate surface area is 162 Å². The van der Waals surface area contributed by atoms with Crippen molar-refractivity contribution in [2.24, 2.45) is 0 Å². The Kier molecular flexibility index (Phi) is 5.14. The van der Waals surface area contributed by atoms with Crippen molar-refractivity contribution in [3.05, 3.63) is 72.3 Å². The summed E-state index contributed by atoms with van der Waals surface area (Å²) in [5, 5.41) is 9.91. The van der Waals surface area contributed by atoms with Gasteiger partial charge in [0.25, 0.3) is 0 Å². The van der Waals surface area contributed by atoms with Crippen LogP contribution in [0.5, 0.6) is 0 Å². The van der Waals surface area contributed by atoms with Gasteiger partial charge in [-0.25, -0.2) is 14.5 Å². The maximum absolute atomic E-state index is 12.1. The number of para-hydroxylation sites is 1. The first-order valence-electron chi connectivity index (χ1n) is 9.30. The third-order valence-corrected chi connectivity index (χ3v) is 4.85. The second-order valence-electron chi connectivity index (χ2n) is 6.85. The fourth-order valence-corrected chi connectivity index (χ4v) is 3.36. The zero-order valence-electron chi connectivity index (χ0n) is 15.3. The lowest BCUT2D eigenvalue weighted by Gasteiger charge is -2.10. The average Bonchev–Trinajstić information content (AvgIpc) is 3.37. The number of carbonyl (C=O) groups excluding carboxylic acids is 2. The number of nitrogens with one attached hydrogen (secondary N) is 2. The molecule has 2 amide bonds. The number of hydrogen-bond donors (Lipinski definition) is 2. The molecule has 1 atom stereocenters. The van der Waals surface area contributed by atoms with Crippen LogP contribution in [0.15, 0.2) is 60.9 Å². The minimum Gasteiger partial charge on any atom is -0.330 e. The molecule has 2 N–H and O–H groups in total. The molecule has 4 rings (SSSR count). The second-order valence-corrected chi connectivity index (χ2v) is 6.85. The van der Waals surface area contributed by atoms with Crippen molar-refractivity contribution in [1.29, 1.82) is 0 Å². The van der Waals surface area contributed by atoms with Crippen LogP contribution >= 0.6 is 0 Å². The van der Waals surface area contributed by atoms with E-state index in [9.17, 15) is 9.59 Å². The van der Waals surface area contributed by atoms with Crippen molar-refractivity contribution in [2.45, 2.75) is 31.7 Å². The van der Waals surface area contributed by atoms with E-state index < -0.39 is 0 Å². The van der Waals surface area contributed by atoms with Gasteiger partial charge in [-0.2, -0.15) is 0 Å². The Morgan fingerprint density at radius 1 is 1.11 bits per heavy atom. The van der Waals surface area contributed by atoms with E-state index in [0.29, 0.717) is 36.1 Å². The summed E-state index contributed by atoms with van der Waals surface area (Å²) in [7, 11) is 0. The van der Waals surface area contributed by atoms with Gasteiger partial charge in [0.1, 0.15) is 12.1 Å². The number of carbonyl (C=O) groups is 2. The maximum Gasteiger partial charge on any atom is 0.319 e. The van der Waals surface area contributed by atoms with Crippen LogP contribution in [0.3, 0.4) is 0 Å². The highest BCUT2D eigenvalue weighted by molar-refractivity contribution is 5.89. The van der Waals surface area contributed by atoms with E-state index in [1.165, 1.54) is 0 Å². The molecule has 0 aliphatic heterocycles. The van der Waals surface area contributed by atoms with E-state index in [4.69, 9.17) is 0 Å². The van der Waals surface area contributed by atoms with E-state index in [1.807, 2.05) is 54.6 Å². The number of amides is 2. The van der Waals surface area contributed by atoms with Gasteiger partial charge in [0.15, 0.2) is 5.82 Å². The summed E-state index contributed by atoms with van der Waals surface area (Å²) in [5.74, 6) is 1.16. The minimum atomic E-state index is -0.320. The highest BCUT2D eigenvalue weighted by Gasteiger charge is 2.23. The Hall–Kier alpha value is -3.48. The van der Waals surface area contributed by atoms with E-state index in [-0.39, 0.29) is 12.6 Å². The number of benzene rings is 2. The van der Waals surface area contributed by atoms with Crippen molar-refractivity contribution >= 4 is 17.5 Å². The standard InChI is InChI=1S/C21H21N5O2/c27-19-11-8-16(12-19)15-6-9-17(10-7-15)24-21(28)22-13-20-23-14-26(25-20)18-4-2-1-3-5-18/h1-7,9-10,14,16H,8,11-13H2,(H2,22,24,28). The molecule has 7 nitrogen and oxygen atoms in total. The predicted molar refractivity (Wildman–Crippen MR) is 105 cm³/mol. The number of ketones is 1. The first-order valence-corrected chi connectivity index (χ1v) is 9.30. The topological polar surface area (TPSA) is 88.9 Å². The lowest BCUT2D eigenvalue weighted by Crippen LogP contribution is -2.28. The van der Waals surface area contributed by atoms with Crippen LogP contribution in [0.25, 0.3) is 5.69 Å². The lowest BCUT2D eigenvalue weighted by atomic mass is 9.97. The molecule has 1 heterocycles. The molecule has 0 saturated heterocycles. The van der Waals surface area contributed by atoms with Crippen molar-refractivity contribution in [3.8, 4) is 5.69 Å². The molecular weight excluding hydrogens is 354 g/mol. The van der Waals surface area contributed by atoms with Crippen molar-refractivity contribution in [1.82, 2.24) is 20.1 Å². The summed E-state index contributed by atoms with van der Waals surface area (Å²) in [5.41, 5.74) is 2.76. The van der Waals surface area contributed by atoms with Crippen LogP contribution in [-0.2, 0) is 11.3 Å². The zero-order chi connectivity index (χ0) is 19.3. The third-order valence-electron chi connectivity index (χ3n) is 4.85. The molecular formula is C21H21N5O2. The Morgan fingerprint density at radius 2 is 1.89 bits per heavy atom. The molecule has 2 aromatic carbocycles. The van der Waals surface area contributed by atoms with Crippen LogP contribution < -0.4 is 10.6 Å². The molecule has 0 spiro atoms. The van der Waals surface area contributed by atoms with Gasteiger partial charge in [-0.05, 0) is 42.2 Å². The fourth-order valence-electron chi connectivity index (χ4n) is 3.36. The van der Waals surface area contributed by atoms with Gasteiger partial charge in [-0.3, -0.25) is 4.79 Å². The van der Waals surface area contributed by atoms with Crippen molar-refractivity contribution in [2.75, 3.05) is 5.32 Å². The molecule has 1 aromatic heterocycles. The van der Waals surface area contributed by atoms with Crippen LogP contribution in [-0.4, -0.2) is 26.6 Å². The normalized spacial score (nSPS) is 16.1. The van der Waals surface area contributed by atoms with Gasteiger partial charge in [0.2, 0.25) is 0 Å². The number of aromatic nitrogens is 3. The van der Waals surface area contributed by atoms with Gasteiger partial charge < -0.3 is 10.6 Å². The van der Waals surface area contributed by atoms with Gasteiger partial charge in [0.05, 0.1) is 12.2 Å². The maximum atomic E-state index is 12.1. The first-order chi connectivity index (χ1) is 13.7. The summed E-state index contributed by atoms with van der Waals surface area (Å²) in [6, 6.07) is 17.0. The zero-order valence-corrected chi connectivity index (χ0v) is 15.3. The molecule has 7 heteroatoms. The number of Topliss-reactive ketones (excluding diaryl/α,β-unsaturated/α-hetero) is 1. The van der Waals surface area contributed by atoms with E-state index >= 15 is 0 Å². The Morgan fingerprint density at radius 3 is 2.61 bits per heavy atom. The van der Waals surface area contributed by atoms with Gasteiger partial charge >= 0.3 is 6.03 Å². The fraction of sp³-hybridized carbons (Fsp3) is 0.238. The number of urea groups is 1. The number of hydrogen-bond acceptors (Lipinski definition) is 4. The minimum absolute atomic E-state index is 0.230. The Bertz CT molecular complexity index is 966. The van der Waals surface area contributed by atoms with Gasteiger partial charge in [-0.15, -0.1) is 5.10 Å². The number of nitrogens with zero attached hydrogens (tertiary/aromatic N) is 3. The summed E-state index contributed by atoms with van der Waals surface area (Å²) in [6.07, 6.45) is 3.82. The summed E-state index contributed by atoms with van der Waals surface area (Å²) < 4.78 is 1.67. The number of anilines is 1. The molecule has 1 unspecified atom stereocenters. The third kappa shape index (κ3) is 4.25. The molecule has 0 bridgehead atoms. The van der Waals surface area contributed by atoms with Gasteiger partial charge in [-0.1, -0.05) is 30.3 Å². The average molecular weight is 375 g/mol. The van der Waals surface area contributed by atoms with E-state index in [2.05, 4.69) is 20.7 Å². The van der Waals surface area contributed by atoms with E-state index in [1.54, 1.807) is 11.0 Å². The molecule has 1 aliphatic rings. The summed E-state index contributed by atoms with van der Waals surface area (Å²) >= 11 is 0. The van der Waals surface area contributed by atoms with Crippen LogP contribution in [0.4, 0.5) is 10.5 Å². The lowest BCUT2D eigenvalue weighted by molar-refractivity contribution is -0.117. The predicted octanol–water partition coefficient (Wildman–Crippen LogP) is 3.43. The largest absolute Gasteiger partial charge is 0.330 e. The Balaban J connectivity index is 1.29. The van der Waals surface area contributed by atoms with Crippen molar-refractivity contribution in [3.63, 3.8) is 0 Å². The monoisotopic (exact) mass is 375 g/mol. The second kappa shape index (κ2) is 8.04. The SMILES string of the molecule is O=C1CCC(c2ccc(NC(=O)NCc3ncn(-c4ccccc4)n3)cc2)C1. The van der Waals surface area contributed by atoms with E-state index in [0.717, 1.165) is 17.7 Å². The molecule has 1 aliphatic carbocycles. The first kappa shape index (κ1) is 17.9. The molecule has 142 valence electrons. The molecule has 1 fully saturated rings. The highest BCUT2D eigenvalue weighted by atomic mass is 16.2. The summed E-state index contributed by atoms with van der Waals surface area (Å²) in [6.45, 7) is 0.230. The summed E-state index contributed by atoms with van der Waals surface area (Å²) in [4.78, 5) is 27.8. The quantitative estimate of drug-likeness (QED) is 0.715. The molecule has 0 radical (unpaired) electrons. The number of rotatable bonds is 5. The van der Waals surface area contributed by atoms with Crippen LogP contribution in [0, 0.1) is 0 Å². The van der Waals surface area contributed by atoms with Crippen molar-refractivity contribution < 1.29 is 9.59 Å². The molecule has 28 heavy (non-hydrogen) atoms. The van der Waals surface area contributed by atoms with Crippen LogP contribution in [0.1, 0.15) is 36.6 Å². The highest BCUT2D eigenvalue weighted by Crippen LogP contribution is 2.32.